The van der Waals surface area contributed by atoms with Gasteiger partial charge in [0.1, 0.15) is 12.4 Å². The van der Waals surface area contributed by atoms with Gasteiger partial charge in [-0.3, -0.25) is 0 Å². The first-order chi connectivity index (χ1) is 9.35. The highest BCUT2D eigenvalue weighted by molar-refractivity contribution is 5.15. The average Bonchev–Trinajstić information content (AvgIpc) is 2.86. The Labute approximate surface area is 112 Å². The van der Waals surface area contributed by atoms with Gasteiger partial charge in [-0.2, -0.15) is 0 Å². The molecule has 0 spiro atoms. The molecule has 19 heavy (non-hydrogen) atoms. The van der Waals surface area contributed by atoms with E-state index in [9.17, 15) is 5.11 Å². The second-order valence-electron chi connectivity index (χ2n) is 4.32. The minimum absolute atomic E-state index is 0.0952. The molecule has 102 valence electrons. The van der Waals surface area contributed by atoms with Gasteiger partial charge in [0.15, 0.2) is 5.82 Å². The van der Waals surface area contributed by atoms with Crippen molar-refractivity contribution in [2.75, 3.05) is 13.7 Å². The summed E-state index contributed by atoms with van der Waals surface area (Å²) in [5, 5.41) is 17.4. The number of nitrogens with zero attached hydrogens (tertiary/aromatic N) is 3. The second kappa shape index (κ2) is 7.01. The van der Waals surface area contributed by atoms with E-state index < -0.39 is 0 Å². The second-order valence-corrected chi connectivity index (χ2v) is 4.32. The summed E-state index contributed by atoms with van der Waals surface area (Å²) in [6.45, 7) is 1.16. The minimum Gasteiger partial charge on any atom is -0.388 e. The summed E-state index contributed by atoms with van der Waals surface area (Å²) in [6, 6.07) is 10.3. The van der Waals surface area contributed by atoms with Crippen LogP contribution in [-0.2, 0) is 30.7 Å². The molecule has 0 unspecified atom stereocenters. The van der Waals surface area contributed by atoms with Crippen LogP contribution in [0.5, 0.6) is 0 Å². The van der Waals surface area contributed by atoms with Crippen LogP contribution >= 0.6 is 0 Å². The number of hydrogen-bond donors (Lipinski definition) is 1. The molecular formula is C14H19N3O2. The molecule has 1 heterocycles. The lowest BCUT2D eigenvalue weighted by Crippen LogP contribution is -2.12. The SMILES string of the molecule is COCCn1c(CO)nnc1CCc1ccccc1. The summed E-state index contributed by atoms with van der Waals surface area (Å²) in [5.74, 6) is 1.49. The molecule has 0 amide bonds. The molecule has 0 atom stereocenters. The van der Waals surface area contributed by atoms with Gasteiger partial charge >= 0.3 is 0 Å². The molecule has 0 saturated heterocycles. The van der Waals surface area contributed by atoms with E-state index in [1.807, 2.05) is 22.8 Å². The molecule has 0 bridgehead atoms. The zero-order valence-electron chi connectivity index (χ0n) is 11.1. The van der Waals surface area contributed by atoms with E-state index in [1.165, 1.54) is 5.56 Å². The van der Waals surface area contributed by atoms with Gasteiger partial charge in [0.25, 0.3) is 0 Å². The third kappa shape index (κ3) is 3.62. The van der Waals surface area contributed by atoms with Crippen LogP contribution in [0, 0.1) is 0 Å². The Morgan fingerprint density at radius 1 is 1.11 bits per heavy atom. The van der Waals surface area contributed by atoms with Crippen molar-refractivity contribution in [3.05, 3.63) is 47.5 Å². The molecule has 5 heteroatoms. The Hall–Kier alpha value is -1.72. The maximum absolute atomic E-state index is 9.25. The number of aliphatic hydroxyl groups excluding tert-OH is 1. The standard InChI is InChI=1S/C14H19N3O2/c1-19-10-9-17-13(15-16-14(17)11-18)8-7-12-5-3-2-4-6-12/h2-6,18H,7-11H2,1H3. The first-order valence-electron chi connectivity index (χ1n) is 6.40. The van der Waals surface area contributed by atoms with Gasteiger partial charge < -0.3 is 14.4 Å². The molecular weight excluding hydrogens is 242 g/mol. The summed E-state index contributed by atoms with van der Waals surface area (Å²) < 4.78 is 7.01. The number of benzene rings is 1. The van der Waals surface area contributed by atoms with Crippen molar-refractivity contribution in [2.24, 2.45) is 0 Å². The fourth-order valence-corrected chi connectivity index (χ4v) is 2.02. The maximum atomic E-state index is 9.25. The first kappa shape index (κ1) is 13.7. The number of hydrogen-bond acceptors (Lipinski definition) is 4. The van der Waals surface area contributed by atoms with Gasteiger partial charge in [0, 0.05) is 20.1 Å². The predicted molar refractivity (Wildman–Crippen MR) is 71.7 cm³/mol. The van der Waals surface area contributed by atoms with Gasteiger partial charge in [-0.15, -0.1) is 10.2 Å². The van der Waals surface area contributed by atoms with Crippen molar-refractivity contribution in [1.82, 2.24) is 14.8 Å². The number of rotatable bonds is 7. The Morgan fingerprint density at radius 3 is 2.53 bits per heavy atom. The topological polar surface area (TPSA) is 60.2 Å². The Kier molecular flexibility index (Phi) is 5.06. The van der Waals surface area contributed by atoms with E-state index >= 15 is 0 Å². The molecule has 0 radical (unpaired) electrons. The van der Waals surface area contributed by atoms with Crippen molar-refractivity contribution < 1.29 is 9.84 Å². The van der Waals surface area contributed by atoms with Crippen LogP contribution in [0.4, 0.5) is 0 Å². The Bertz CT molecular complexity index is 497. The highest BCUT2D eigenvalue weighted by atomic mass is 16.5. The average molecular weight is 261 g/mol. The molecule has 1 aromatic heterocycles. The third-order valence-electron chi connectivity index (χ3n) is 3.04. The number of ether oxygens (including phenoxy) is 1. The van der Waals surface area contributed by atoms with Crippen LogP contribution in [0.1, 0.15) is 17.2 Å². The molecule has 2 aromatic rings. The lowest BCUT2D eigenvalue weighted by atomic mass is 10.1. The van der Waals surface area contributed by atoms with E-state index in [0.717, 1.165) is 18.7 Å². The van der Waals surface area contributed by atoms with Crippen molar-refractivity contribution in [3.63, 3.8) is 0 Å². The van der Waals surface area contributed by atoms with Crippen molar-refractivity contribution in [2.45, 2.75) is 26.0 Å². The first-order valence-corrected chi connectivity index (χ1v) is 6.40. The Morgan fingerprint density at radius 2 is 1.84 bits per heavy atom. The van der Waals surface area contributed by atoms with Crippen LogP contribution in [0.15, 0.2) is 30.3 Å². The van der Waals surface area contributed by atoms with Crippen LogP contribution in [0.25, 0.3) is 0 Å². The fraction of sp³-hybridized carbons (Fsp3) is 0.429. The Balaban J connectivity index is 2.05. The number of methoxy groups -OCH3 is 1. The van der Waals surface area contributed by atoms with Crippen LogP contribution < -0.4 is 0 Å². The van der Waals surface area contributed by atoms with E-state index in [4.69, 9.17) is 4.74 Å². The monoisotopic (exact) mass is 261 g/mol. The quantitative estimate of drug-likeness (QED) is 0.813. The smallest absolute Gasteiger partial charge is 0.158 e. The molecule has 0 saturated carbocycles. The van der Waals surface area contributed by atoms with Gasteiger partial charge in [0.2, 0.25) is 0 Å². The van der Waals surface area contributed by atoms with Crippen molar-refractivity contribution in [1.29, 1.82) is 0 Å². The predicted octanol–water partition coefficient (Wildman–Crippen LogP) is 1.20. The van der Waals surface area contributed by atoms with Gasteiger partial charge in [-0.25, -0.2) is 0 Å². The zero-order chi connectivity index (χ0) is 13.5. The highest BCUT2D eigenvalue weighted by Gasteiger charge is 2.10. The largest absolute Gasteiger partial charge is 0.388 e. The molecule has 1 N–H and O–H groups in total. The van der Waals surface area contributed by atoms with Crippen LogP contribution in [0.2, 0.25) is 0 Å². The lowest BCUT2D eigenvalue weighted by Gasteiger charge is -2.08. The van der Waals surface area contributed by atoms with Gasteiger partial charge in [-0.05, 0) is 12.0 Å². The molecule has 1 aromatic carbocycles. The normalized spacial score (nSPS) is 10.8. The fourth-order valence-electron chi connectivity index (χ4n) is 2.02. The molecule has 0 aliphatic carbocycles. The molecule has 2 rings (SSSR count). The molecule has 0 fully saturated rings. The van der Waals surface area contributed by atoms with Crippen molar-refractivity contribution in [3.8, 4) is 0 Å². The number of aliphatic hydroxyl groups is 1. The van der Waals surface area contributed by atoms with Crippen molar-refractivity contribution >= 4 is 0 Å². The lowest BCUT2D eigenvalue weighted by molar-refractivity contribution is 0.181. The van der Waals surface area contributed by atoms with Crippen LogP contribution in [-0.4, -0.2) is 33.6 Å². The third-order valence-corrected chi connectivity index (χ3v) is 3.04. The van der Waals surface area contributed by atoms with Gasteiger partial charge in [-0.1, -0.05) is 30.3 Å². The zero-order valence-corrected chi connectivity index (χ0v) is 11.1. The maximum Gasteiger partial charge on any atom is 0.158 e. The van der Waals surface area contributed by atoms with E-state index in [2.05, 4.69) is 22.3 Å². The highest BCUT2D eigenvalue weighted by Crippen LogP contribution is 2.08. The minimum atomic E-state index is -0.0952. The van der Waals surface area contributed by atoms with E-state index in [0.29, 0.717) is 19.0 Å². The summed E-state index contributed by atoms with van der Waals surface area (Å²) in [4.78, 5) is 0. The summed E-state index contributed by atoms with van der Waals surface area (Å²) in [5.41, 5.74) is 1.27. The summed E-state index contributed by atoms with van der Waals surface area (Å²) in [6.07, 6.45) is 1.72. The molecule has 0 aliphatic rings. The van der Waals surface area contributed by atoms with E-state index in [1.54, 1.807) is 7.11 Å². The molecule has 5 nitrogen and oxygen atoms in total. The summed E-state index contributed by atoms with van der Waals surface area (Å²) >= 11 is 0. The van der Waals surface area contributed by atoms with E-state index in [-0.39, 0.29) is 6.61 Å². The van der Waals surface area contributed by atoms with Gasteiger partial charge in [0.05, 0.1) is 6.61 Å². The number of aromatic nitrogens is 3. The number of aryl methyl sites for hydroxylation is 2. The molecule has 0 aliphatic heterocycles. The summed E-state index contributed by atoms with van der Waals surface area (Å²) in [7, 11) is 1.66. The van der Waals surface area contributed by atoms with Crippen LogP contribution in [0.3, 0.4) is 0 Å².